The number of hydrogen-bond donors (Lipinski definition) is 1. The molecule has 18 heavy (non-hydrogen) atoms. The molecule has 0 aliphatic heterocycles. The van der Waals surface area contributed by atoms with E-state index < -0.39 is 0 Å². The van der Waals surface area contributed by atoms with Gasteiger partial charge in [0, 0.05) is 18.0 Å². The number of alkyl halides is 1. The predicted octanol–water partition coefficient (Wildman–Crippen LogP) is 3.08. The average molecular weight is 264 g/mol. The molecule has 94 valence electrons. The summed E-state index contributed by atoms with van der Waals surface area (Å²) in [6.45, 7) is 0. The third-order valence-electron chi connectivity index (χ3n) is 3.12. The Labute approximate surface area is 110 Å². The lowest BCUT2D eigenvalue weighted by Gasteiger charge is -2.04. The predicted molar refractivity (Wildman–Crippen MR) is 70.5 cm³/mol. The van der Waals surface area contributed by atoms with Gasteiger partial charge < -0.3 is 9.73 Å². The van der Waals surface area contributed by atoms with Gasteiger partial charge in [0.05, 0.1) is 0 Å². The van der Waals surface area contributed by atoms with E-state index >= 15 is 0 Å². The topological polar surface area (TPSA) is 51.0 Å². The molecule has 0 unspecified atom stereocenters. The Morgan fingerprint density at radius 2 is 2.11 bits per heavy atom. The molecular weight excluding hydrogens is 250 g/mol. The summed E-state index contributed by atoms with van der Waals surface area (Å²) in [6, 6.07) is 6.80. The van der Waals surface area contributed by atoms with Crippen LogP contribution in [-0.2, 0) is 19.3 Å². The van der Waals surface area contributed by atoms with Gasteiger partial charge >= 0.3 is 6.01 Å². The van der Waals surface area contributed by atoms with Crippen molar-refractivity contribution in [2.45, 2.75) is 25.7 Å². The number of hydrogen-bond acceptors (Lipinski definition) is 4. The number of aromatic nitrogens is 2. The molecule has 0 amide bonds. The average Bonchev–Trinajstić information content (AvgIpc) is 2.98. The highest BCUT2D eigenvalue weighted by Crippen LogP contribution is 2.26. The summed E-state index contributed by atoms with van der Waals surface area (Å²) in [6.07, 6.45) is 4.20. The van der Waals surface area contributed by atoms with Crippen molar-refractivity contribution in [2.75, 3.05) is 11.2 Å². The van der Waals surface area contributed by atoms with Crippen LogP contribution in [0, 0.1) is 0 Å². The molecule has 0 spiro atoms. The standard InChI is InChI=1S/C13H14ClN3O/c14-7-6-12-16-17-13(18-12)15-11-5-4-9-2-1-3-10(9)8-11/h4-5,8H,1-3,6-7H2,(H,15,17). The van der Waals surface area contributed by atoms with E-state index in [1.165, 1.54) is 24.0 Å². The van der Waals surface area contributed by atoms with Gasteiger partial charge in [-0.15, -0.1) is 16.7 Å². The summed E-state index contributed by atoms with van der Waals surface area (Å²) in [5.74, 6) is 1.05. The van der Waals surface area contributed by atoms with Crippen LogP contribution in [0.25, 0.3) is 0 Å². The largest absolute Gasteiger partial charge is 0.408 e. The third-order valence-corrected chi connectivity index (χ3v) is 3.31. The van der Waals surface area contributed by atoms with Crippen LogP contribution in [-0.4, -0.2) is 16.1 Å². The van der Waals surface area contributed by atoms with Gasteiger partial charge in [-0.05, 0) is 42.5 Å². The molecule has 1 N–H and O–H groups in total. The Morgan fingerprint density at radius 1 is 1.22 bits per heavy atom. The minimum atomic E-state index is 0.424. The number of nitrogens with zero attached hydrogens (tertiary/aromatic N) is 2. The Balaban J connectivity index is 1.75. The van der Waals surface area contributed by atoms with Gasteiger partial charge in [0.15, 0.2) is 0 Å². The fourth-order valence-electron chi connectivity index (χ4n) is 2.26. The summed E-state index contributed by atoms with van der Waals surface area (Å²) >= 11 is 5.62. The third kappa shape index (κ3) is 2.34. The highest BCUT2D eigenvalue weighted by molar-refractivity contribution is 6.17. The van der Waals surface area contributed by atoms with Gasteiger partial charge in [0.1, 0.15) is 0 Å². The molecule has 4 nitrogen and oxygen atoms in total. The van der Waals surface area contributed by atoms with Crippen LogP contribution in [0.1, 0.15) is 23.4 Å². The van der Waals surface area contributed by atoms with Crippen LogP contribution in [0.5, 0.6) is 0 Å². The summed E-state index contributed by atoms with van der Waals surface area (Å²) in [7, 11) is 0. The lowest BCUT2D eigenvalue weighted by atomic mass is 10.1. The molecule has 5 heteroatoms. The summed E-state index contributed by atoms with van der Waals surface area (Å²) in [4.78, 5) is 0. The Morgan fingerprint density at radius 3 is 3.00 bits per heavy atom. The molecule has 1 aromatic carbocycles. The zero-order valence-corrected chi connectivity index (χ0v) is 10.7. The van der Waals surface area contributed by atoms with Gasteiger partial charge in [-0.1, -0.05) is 11.2 Å². The van der Waals surface area contributed by atoms with Crippen molar-refractivity contribution in [3.05, 3.63) is 35.2 Å². The monoisotopic (exact) mass is 263 g/mol. The van der Waals surface area contributed by atoms with Crippen LogP contribution in [0.4, 0.5) is 11.7 Å². The smallest absolute Gasteiger partial charge is 0.320 e. The number of aryl methyl sites for hydroxylation is 3. The van der Waals surface area contributed by atoms with E-state index in [1.54, 1.807) is 0 Å². The number of benzene rings is 1. The lowest BCUT2D eigenvalue weighted by molar-refractivity contribution is 0.516. The second kappa shape index (κ2) is 4.98. The zero-order chi connectivity index (χ0) is 12.4. The van der Waals surface area contributed by atoms with Crippen LogP contribution >= 0.6 is 11.6 Å². The minimum absolute atomic E-state index is 0.424. The maximum Gasteiger partial charge on any atom is 0.320 e. The van der Waals surface area contributed by atoms with Crippen LogP contribution < -0.4 is 5.32 Å². The normalized spacial score (nSPS) is 13.6. The van der Waals surface area contributed by atoms with Crippen molar-refractivity contribution < 1.29 is 4.42 Å². The van der Waals surface area contributed by atoms with E-state index in [1.807, 2.05) is 0 Å². The van der Waals surface area contributed by atoms with Crippen LogP contribution in [0.2, 0.25) is 0 Å². The summed E-state index contributed by atoms with van der Waals surface area (Å²) < 4.78 is 5.43. The summed E-state index contributed by atoms with van der Waals surface area (Å²) in [5.41, 5.74) is 3.87. The lowest BCUT2D eigenvalue weighted by Crippen LogP contribution is -1.92. The van der Waals surface area contributed by atoms with E-state index in [-0.39, 0.29) is 0 Å². The van der Waals surface area contributed by atoms with Crippen molar-refractivity contribution in [2.24, 2.45) is 0 Å². The second-order valence-corrected chi connectivity index (χ2v) is 4.78. The number of fused-ring (bicyclic) bond motifs is 1. The van der Waals surface area contributed by atoms with E-state index in [0.29, 0.717) is 24.2 Å². The molecule has 2 aromatic rings. The molecular formula is C13H14ClN3O. The Kier molecular flexibility index (Phi) is 3.19. The zero-order valence-electron chi connectivity index (χ0n) is 9.95. The van der Waals surface area contributed by atoms with E-state index in [4.69, 9.17) is 16.0 Å². The number of rotatable bonds is 4. The molecule has 0 saturated carbocycles. The minimum Gasteiger partial charge on any atom is -0.408 e. The Bertz CT molecular complexity index is 553. The quantitative estimate of drug-likeness (QED) is 0.862. The molecule has 1 aliphatic rings. The molecule has 1 heterocycles. The second-order valence-electron chi connectivity index (χ2n) is 4.40. The van der Waals surface area contributed by atoms with Crippen LogP contribution in [0.3, 0.4) is 0 Å². The molecule has 0 atom stereocenters. The highest BCUT2D eigenvalue weighted by atomic mass is 35.5. The molecule has 0 saturated heterocycles. The molecule has 0 fully saturated rings. The fraction of sp³-hybridized carbons (Fsp3) is 0.385. The SMILES string of the molecule is ClCCc1nnc(Nc2ccc3c(c2)CCC3)o1. The van der Waals surface area contributed by atoms with Gasteiger partial charge in [0.2, 0.25) is 5.89 Å². The number of halogens is 1. The molecule has 1 aliphatic carbocycles. The molecule has 1 aromatic heterocycles. The maximum atomic E-state index is 5.62. The fourth-order valence-corrected chi connectivity index (χ4v) is 2.42. The summed E-state index contributed by atoms with van der Waals surface area (Å²) in [5, 5.41) is 11.0. The first-order valence-electron chi connectivity index (χ1n) is 6.12. The van der Waals surface area contributed by atoms with Gasteiger partial charge in [0.25, 0.3) is 0 Å². The first kappa shape index (κ1) is 11.5. The van der Waals surface area contributed by atoms with Gasteiger partial charge in [-0.2, -0.15) is 0 Å². The molecule has 0 radical (unpaired) electrons. The van der Waals surface area contributed by atoms with Crippen molar-refractivity contribution in [1.82, 2.24) is 10.2 Å². The van der Waals surface area contributed by atoms with Crippen LogP contribution in [0.15, 0.2) is 22.6 Å². The number of nitrogens with one attached hydrogen (secondary N) is 1. The van der Waals surface area contributed by atoms with Gasteiger partial charge in [-0.3, -0.25) is 0 Å². The maximum absolute atomic E-state index is 5.62. The van der Waals surface area contributed by atoms with Crippen molar-refractivity contribution in [3.63, 3.8) is 0 Å². The number of anilines is 2. The van der Waals surface area contributed by atoms with E-state index in [0.717, 1.165) is 12.1 Å². The first-order valence-corrected chi connectivity index (χ1v) is 6.66. The molecule has 3 rings (SSSR count). The van der Waals surface area contributed by atoms with E-state index in [9.17, 15) is 0 Å². The van der Waals surface area contributed by atoms with Gasteiger partial charge in [-0.25, -0.2) is 0 Å². The highest BCUT2D eigenvalue weighted by Gasteiger charge is 2.12. The Hall–Kier alpha value is -1.55. The molecule has 0 bridgehead atoms. The van der Waals surface area contributed by atoms with E-state index in [2.05, 4.69) is 33.7 Å². The van der Waals surface area contributed by atoms with Crippen molar-refractivity contribution in [3.8, 4) is 0 Å². The van der Waals surface area contributed by atoms with Crippen molar-refractivity contribution >= 4 is 23.3 Å². The van der Waals surface area contributed by atoms with Crippen molar-refractivity contribution in [1.29, 1.82) is 0 Å². The first-order chi connectivity index (χ1) is 8.85.